The molecule has 0 N–H and O–H groups in total. The summed E-state index contributed by atoms with van der Waals surface area (Å²) in [6, 6.07) is 25.8. The molecule has 0 heterocycles. The minimum absolute atomic E-state index is 0.105. The number of rotatable bonds is 4. The third-order valence-electron chi connectivity index (χ3n) is 4.24. The largest absolute Gasteiger partial charge is 0.207 e. The van der Waals surface area contributed by atoms with E-state index in [4.69, 9.17) is 0 Å². The summed E-state index contributed by atoms with van der Waals surface area (Å²) in [5, 5.41) is 0. The van der Waals surface area contributed by atoms with Crippen molar-refractivity contribution in [3.63, 3.8) is 0 Å². The average molecular weight is 316 g/mol. The zero-order valence-corrected chi connectivity index (χ0v) is 14.0. The predicted octanol–water partition coefficient (Wildman–Crippen LogP) is 6.45. The quantitative estimate of drug-likeness (QED) is 0.519. The van der Waals surface area contributed by atoms with Crippen LogP contribution in [0.2, 0.25) is 0 Å². The van der Waals surface area contributed by atoms with E-state index in [0.29, 0.717) is 5.56 Å². The van der Waals surface area contributed by atoms with Crippen LogP contribution in [0, 0.1) is 13.8 Å². The Morgan fingerprint density at radius 1 is 0.708 bits per heavy atom. The van der Waals surface area contributed by atoms with Crippen LogP contribution in [0.25, 0.3) is 5.83 Å². The Morgan fingerprint density at radius 3 is 1.62 bits per heavy atom. The molecule has 24 heavy (non-hydrogen) atoms. The van der Waals surface area contributed by atoms with Crippen LogP contribution in [-0.2, 0) is 0 Å². The number of benzene rings is 3. The number of halogens is 1. The van der Waals surface area contributed by atoms with Crippen LogP contribution < -0.4 is 0 Å². The maximum absolute atomic E-state index is 14.8. The summed E-state index contributed by atoms with van der Waals surface area (Å²) in [6.45, 7) is 4.12. The summed E-state index contributed by atoms with van der Waals surface area (Å²) >= 11 is 0. The van der Waals surface area contributed by atoms with E-state index in [9.17, 15) is 4.39 Å². The molecule has 0 saturated carbocycles. The van der Waals surface area contributed by atoms with E-state index in [1.807, 2.05) is 18.2 Å². The molecule has 0 atom stereocenters. The van der Waals surface area contributed by atoms with Crippen LogP contribution in [0.4, 0.5) is 4.39 Å². The molecular formula is C23H21F. The molecule has 3 rings (SSSR count). The lowest BCUT2D eigenvalue weighted by Crippen LogP contribution is -1.99. The Labute approximate surface area is 143 Å². The standard InChI is InChI=1S/C23H21F/c1-17-8-12-19(13-9-17)22(20-14-10-18(2)11-15-20)16-23(24)21-6-4-3-5-7-21/h3-16,22H,1-2H3/b23-16+. The summed E-state index contributed by atoms with van der Waals surface area (Å²) in [7, 11) is 0. The fraction of sp³-hybridized carbons (Fsp3) is 0.130. The first-order valence-electron chi connectivity index (χ1n) is 8.19. The van der Waals surface area contributed by atoms with E-state index < -0.39 is 0 Å². The first-order valence-corrected chi connectivity index (χ1v) is 8.19. The lowest BCUT2D eigenvalue weighted by Gasteiger charge is -2.15. The highest BCUT2D eigenvalue weighted by Gasteiger charge is 2.14. The van der Waals surface area contributed by atoms with Gasteiger partial charge in [-0.1, -0.05) is 90.0 Å². The van der Waals surface area contributed by atoms with Gasteiger partial charge in [-0.05, 0) is 31.1 Å². The van der Waals surface area contributed by atoms with Crippen molar-refractivity contribution in [2.45, 2.75) is 19.8 Å². The Morgan fingerprint density at radius 2 is 1.17 bits per heavy atom. The van der Waals surface area contributed by atoms with Gasteiger partial charge in [-0.3, -0.25) is 0 Å². The summed E-state index contributed by atoms with van der Waals surface area (Å²) in [6.07, 6.45) is 1.71. The van der Waals surface area contributed by atoms with Gasteiger partial charge in [0.2, 0.25) is 0 Å². The molecule has 0 aliphatic carbocycles. The second-order valence-electron chi connectivity index (χ2n) is 6.18. The molecule has 0 aromatic heterocycles. The summed E-state index contributed by atoms with van der Waals surface area (Å²) in [4.78, 5) is 0. The van der Waals surface area contributed by atoms with E-state index in [2.05, 4.69) is 62.4 Å². The molecule has 0 radical (unpaired) electrons. The number of hydrogen-bond donors (Lipinski definition) is 0. The van der Waals surface area contributed by atoms with Gasteiger partial charge >= 0.3 is 0 Å². The highest BCUT2D eigenvalue weighted by Crippen LogP contribution is 2.30. The fourth-order valence-electron chi connectivity index (χ4n) is 2.77. The van der Waals surface area contributed by atoms with Crippen molar-refractivity contribution >= 4 is 5.83 Å². The molecular weight excluding hydrogens is 295 g/mol. The molecule has 0 saturated heterocycles. The zero-order chi connectivity index (χ0) is 16.9. The molecule has 1 heteroatoms. The van der Waals surface area contributed by atoms with Crippen molar-refractivity contribution in [2.24, 2.45) is 0 Å². The van der Waals surface area contributed by atoms with Gasteiger partial charge in [-0.2, -0.15) is 0 Å². The van der Waals surface area contributed by atoms with Crippen molar-refractivity contribution < 1.29 is 4.39 Å². The Hall–Kier alpha value is -2.67. The van der Waals surface area contributed by atoms with E-state index in [0.717, 1.165) is 11.1 Å². The van der Waals surface area contributed by atoms with Gasteiger partial charge in [0.15, 0.2) is 0 Å². The Kier molecular flexibility index (Phi) is 4.90. The molecule has 0 aliphatic heterocycles. The van der Waals surface area contributed by atoms with Gasteiger partial charge < -0.3 is 0 Å². The van der Waals surface area contributed by atoms with Crippen molar-refractivity contribution in [1.29, 1.82) is 0 Å². The van der Waals surface area contributed by atoms with E-state index >= 15 is 0 Å². The van der Waals surface area contributed by atoms with Gasteiger partial charge in [0.05, 0.1) is 0 Å². The summed E-state index contributed by atoms with van der Waals surface area (Å²) in [5.74, 6) is -0.298. The average Bonchev–Trinajstić information content (AvgIpc) is 2.62. The van der Waals surface area contributed by atoms with Crippen LogP contribution in [-0.4, -0.2) is 0 Å². The first kappa shape index (κ1) is 16.2. The molecule has 0 unspecified atom stereocenters. The third-order valence-corrected chi connectivity index (χ3v) is 4.24. The molecule has 0 nitrogen and oxygen atoms in total. The van der Waals surface area contributed by atoms with Crippen LogP contribution in [0.3, 0.4) is 0 Å². The van der Waals surface area contributed by atoms with Gasteiger partial charge in [-0.15, -0.1) is 0 Å². The number of aryl methyl sites for hydroxylation is 2. The van der Waals surface area contributed by atoms with E-state index in [-0.39, 0.29) is 11.7 Å². The fourth-order valence-corrected chi connectivity index (χ4v) is 2.77. The highest BCUT2D eigenvalue weighted by atomic mass is 19.1. The highest BCUT2D eigenvalue weighted by molar-refractivity contribution is 5.61. The van der Waals surface area contributed by atoms with Crippen molar-refractivity contribution in [2.75, 3.05) is 0 Å². The second-order valence-corrected chi connectivity index (χ2v) is 6.18. The SMILES string of the molecule is Cc1ccc(C(/C=C(/F)c2ccccc2)c2ccc(C)cc2)cc1. The number of allylic oxidation sites excluding steroid dienone is 1. The summed E-state index contributed by atoms with van der Waals surface area (Å²) < 4.78 is 14.8. The Bertz CT molecular complexity index is 767. The van der Waals surface area contributed by atoms with Crippen molar-refractivity contribution in [3.8, 4) is 0 Å². The first-order chi connectivity index (χ1) is 11.6. The molecule has 3 aromatic carbocycles. The van der Waals surface area contributed by atoms with Crippen LogP contribution in [0.15, 0.2) is 84.9 Å². The van der Waals surface area contributed by atoms with Gasteiger partial charge in [0.1, 0.15) is 5.83 Å². The van der Waals surface area contributed by atoms with E-state index in [1.54, 1.807) is 18.2 Å². The predicted molar refractivity (Wildman–Crippen MR) is 99.7 cm³/mol. The molecule has 0 fully saturated rings. The second kappa shape index (κ2) is 7.27. The lowest BCUT2D eigenvalue weighted by molar-refractivity contribution is 0.751. The van der Waals surface area contributed by atoms with Crippen LogP contribution in [0.1, 0.15) is 33.7 Å². The molecule has 0 spiro atoms. The monoisotopic (exact) mass is 316 g/mol. The van der Waals surface area contributed by atoms with Crippen LogP contribution >= 0.6 is 0 Å². The molecule has 3 aromatic rings. The topological polar surface area (TPSA) is 0 Å². The van der Waals surface area contributed by atoms with Gasteiger partial charge in [0, 0.05) is 11.5 Å². The van der Waals surface area contributed by atoms with Crippen LogP contribution in [0.5, 0.6) is 0 Å². The molecule has 120 valence electrons. The maximum Gasteiger partial charge on any atom is 0.127 e. The van der Waals surface area contributed by atoms with Crippen molar-refractivity contribution in [1.82, 2.24) is 0 Å². The normalized spacial score (nSPS) is 11.8. The van der Waals surface area contributed by atoms with E-state index in [1.165, 1.54) is 11.1 Å². The Balaban J connectivity index is 2.04. The zero-order valence-electron chi connectivity index (χ0n) is 14.0. The van der Waals surface area contributed by atoms with Gasteiger partial charge in [0.25, 0.3) is 0 Å². The molecule has 0 aliphatic rings. The van der Waals surface area contributed by atoms with Crippen molar-refractivity contribution in [3.05, 3.63) is 113 Å². The smallest absolute Gasteiger partial charge is 0.127 e. The minimum atomic E-state index is -0.193. The summed E-state index contributed by atoms with van der Waals surface area (Å²) in [5.41, 5.74) is 5.20. The maximum atomic E-state index is 14.8. The molecule has 0 bridgehead atoms. The third kappa shape index (κ3) is 3.80. The van der Waals surface area contributed by atoms with Gasteiger partial charge in [-0.25, -0.2) is 4.39 Å². The number of hydrogen-bond acceptors (Lipinski definition) is 0. The lowest BCUT2D eigenvalue weighted by atomic mass is 9.89. The minimum Gasteiger partial charge on any atom is -0.207 e. The molecule has 0 amide bonds.